The first-order chi connectivity index (χ1) is 16.7. The number of ether oxygens (including phenoxy) is 1. The summed E-state index contributed by atoms with van der Waals surface area (Å²) in [6.07, 6.45) is 7.48. The second-order valence-electron chi connectivity index (χ2n) is 8.54. The SMILES string of the molecule is CCC(CC)OC(=O)c1ccc(C(=O)NS(=O)(=O)c2ccc(C(=O)NC3CCCCC3)cc2)cn1. The molecule has 0 unspecified atom stereocenters. The third-order valence-corrected chi connectivity index (χ3v) is 7.36. The summed E-state index contributed by atoms with van der Waals surface area (Å²) in [6, 6.07) is 8.14. The molecule has 0 spiro atoms. The molecule has 35 heavy (non-hydrogen) atoms. The number of benzene rings is 1. The predicted octanol–water partition coefficient (Wildman–Crippen LogP) is 3.61. The van der Waals surface area contributed by atoms with E-state index in [9.17, 15) is 22.8 Å². The van der Waals surface area contributed by atoms with Gasteiger partial charge in [0, 0.05) is 17.8 Å². The maximum absolute atomic E-state index is 12.6. The molecule has 1 aliphatic carbocycles. The van der Waals surface area contributed by atoms with Gasteiger partial charge in [-0.15, -0.1) is 0 Å². The lowest BCUT2D eigenvalue weighted by Crippen LogP contribution is -2.36. The molecule has 1 saturated carbocycles. The van der Waals surface area contributed by atoms with Crippen molar-refractivity contribution in [2.75, 3.05) is 0 Å². The fourth-order valence-corrected chi connectivity index (χ4v) is 4.83. The first-order valence-corrected chi connectivity index (χ1v) is 13.4. The van der Waals surface area contributed by atoms with Crippen molar-refractivity contribution >= 4 is 27.8 Å². The number of carbonyl (C=O) groups is 3. The Morgan fingerprint density at radius 3 is 2.14 bits per heavy atom. The fourth-order valence-electron chi connectivity index (χ4n) is 3.86. The quantitative estimate of drug-likeness (QED) is 0.502. The lowest BCUT2D eigenvalue weighted by Gasteiger charge is -2.22. The molecule has 1 aromatic heterocycles. The second kappa shape index (κ2) is 11.9. The van der Waals surface area contributed by atoms with Gasteiger partial charge in [-0.1, -0.05) is 33.1 Å². The summed E-state index contributed by atoms with van der Waals surface area (Å²) >= 11 is 0. The molecule has 9 nitrogen and oxygen atoms in total. The molecule has 1 fully saturated rings. The third-order valence-electron chi connectivity index (χ3n) is 6.01. The van der Waals surface area contributed by atoms with Gasteiger partial charge in [-0.2, -0.15) is 0 Å². The molecule has 2 aromatic rings. The van der Waals surface area contributed by atoms with Crippen LogP contribution in [0, 0.1) is 0 Å². The van der Waals surface area contributed by atoms with E-state index in [2.05, 4.69) is 10.3 Å². The van der Waals surface area contributed by atoms with Crippen LogP contribution in [0.1, 0.15) is 90.0 Å². The molecule has 10 heteroatoms. The average Bonchev–Trinajstić information content (AvgIpc) is 2.87. The van der Waals surface area contributed by atoms with Gasteiger partial charge in [0.15, 0.2) is 0 Å². The van der Waals surface area contributed by atoms with Crippen molar-refractivity contribution in [3.63, 3.8) is 0 Å². The number of sulfonamides is 1. The van der Waals surface area contributed by atoms with Gasteiger partial charge in [-0.25, -0.2) is 22.9 Å². The molecule has 2 N–H and O–H groups in total. The zero-order chi connectivity index (χ0) is 25.4. The Morgan fingerprint density at radius 1 is 0.943 bits per heavy atom. The number of hydrogen-bond acceptors (Lipinski definition) is 7. The van der Waals surface area contributed by atoms with E-state index >= 15 is 0 Å². The number of aromatic nitrogens is 1. The maximum Gasteiger partial charge on any atom is 0.357 e. The molecular weight excluding hydrogens is 470 g/mol. The highest BCUT2D eigenvalue weighted by Crippen LogP contribution is 2.18. The van der Waals surface area contributed by atoms with Crippen LogP contribution in [0.25, 0.3) is 0 Å². The van der Waals surface area contributed by atoms with Gasteiger partial charge in [0.05, 0.1) is 10.5 Å². The normalized spacial score (nSPS) is 14.4. The molecular formula is C25H31N3O6S. The van der Waals surface area contributed by atoms with Crippen molar-refractivity contribution in [2.24, 2.45) is 0 Å². The van der Waals surface area contributed by atoms with E-state index in [-0.39, 0.29) is 34.2 Å². The number of nitrogens with zero attached hydrogens (tertiary/aromatic N) is 1. The van der Waals surface area contributed by atoms with E-state index in [0.717, 1.165) is 31.9 Å². The Kier molecular flexibility index (Phi) is 8.97. The highest BCUT2D eigenvalue weighted by atomic mass is 32.2. The Hall–Kier alpha value is -3.27. The molecule has 0 atom stereocenters. The fraction of sp³-hybridized carbons (Fsp3) is 0.440. The predicted molar refractivity (Wildman–Crippen MR) is 129 cm³/mol. The molecule has 0 aliphatic heterocycles. The van der Waals surface area contributed by atoms with Crippen molar-refractivity contribution < 1.29 is 27.5 Å². The summed E-state index contributed by atoms with van der Waals surface area (Å²) in [5.41, 5.74) is 0.343. The van der Waals surface area contributed by atoms with Gasteiger partial charge >= 0.3 is 5.97 Å². The van der Waals surface area contributed by atoms with Crippen molar-refractivity contribution in [3.8, 4) is 0 Å². The minimum absolute atomic E-state index is 0.0263. The second-order valence-corrected chi connectivity index (χ2v) is 10.2. The molecule has 3 rings (SSSR count). The highest BCUT2D eigenvalue weighted by Gasteiger charge is 2.22. The first-order valence-electron chi connectivity index (χ1n) is 11.9. The van der Waals surface area contributed by atoms with Gasteiger partial charge in [0.1, 0.15) is 11.8 Å². The monoisotopic (exact) mass is 501 g/mol. The van der Waals surface area contributed by atoms with E-state index in [1.54, 1.807) is 0 Å². The highest BCUT2D eigenvalue weighted by molar-refractivity contribution is 7.90. The minimum Gasteiger partial charge on any atom is -0.458 e. The number of nitrogens with one attached hydrogen (secondary N) is 2. The van der Waals surface area contributed by atoms with Gasteiger partial charge in [-0.05, 0) is 62.1 Å². The Bertz CT molecular complexity index is 1140. The summed E-state index contributed by atoms with van der Waals surface area (Å²) in [5, 5.41) is 2.98. The lowest BCUT2D eigenvalue weighted by atomic mass is 9.95. The van der Waals surface area contributed by atoms with E-state index in [1.165, 1.54) is 42.8 Å². The van der Waals surface area contributed by atoms with E-state index in [1.807, 2.05) is 18.6 Å². The van der Waals surface area contributed by atoms with Crippen LogP contribution in [0.3, 0.4) is 0 Å². The Balaban J connectivity index is 1.61. The Labute approximate surface area is 205 Å². The van der Waals surface area contributed by atoms with Crippen LogP contribution in [0.4, 0.5) is 0 Å². The molecule has 1 aliphatic rings. The number of hydrogen-bond donors (Lipinski definition) is 2. The molecule has 1 aromatic carbocycles. The summed E-state index contributed by atoms with van der Waals surface area (Å²) in [4.78, 5) is 40.8. The van der Waals surface area contributed by atoms with Crippen molar-refractivity contribution in [2.45, 2.75) is 75.8 Å². The number of pyridine rings is 1. The zero-order valence-corrected chi connectivity index (χ0v) is 20.8. The average molecular weight is 502 g/mol. The van der Waals surface area contributed by atoms with Crippen LogP contribution in [-0.4, -0.2) is 43.3 Å². The van der Waals surface area contributed by atoms with Gasteiger partial charge in [0.25, 0.3) is 21.8 Å². The number of carbonyl (C=O) groups excluding carboxylic acids is 3. The largest absolute Gasteiger partial charge is 0.458 e. The smallest absolute Gasteiger partial charge is 0.357 e. The van der Waals surface area contributed by atoms with Crippen LogP contribution in [0.2, 0.25) is 0 Å². The standard InChI is InChI=1S/C25H31N3O6S/c1-3-20(4-2)34-25(31)22-15-12-18(16-26-22)24(30)28-35(32,33)21-13-10-17(11-14-21)23(29)27-19-8-6-5-7-9-19/h10-16,19-20H,3-9H2,1-2H3,(H,27,29)(H,28,30). The van der Waals surface area contributed by atoms with Crippen LogP contribution in [0.15, 0.2) is 47.5 Å². The molecule has 0 radical (unpaired) electrons. The molecule has 0 saturated heterocycles. The summed E-state index contributed by atoms with van der Waals surface area (Å²) in [5.74, 6) is -1.75. The lowest BCUT2D eigenvalue weighted by molar-refractivity contribution is 0.0277. The minimum atomic E-state index is -4.18. The van der Waals surface area contributed by atoms with Crippen LogP contribution >= 0.6 is 0 Å². The van der Waals surface area contributed by atoms with E-state index in [4.69, 9.17) is 4.74 Å². The molecule has 0 bridgehead atoms. The molecule has 2 amide bonds. The molecule has 1 heterocycles. The van der Waals surface area contributed by atoms with Crippen LogP contribution in [-0.2, 0) is 14.8 Å². The van der Waals surface area contributed by atoms with Crippen molar-refractivity contribution in [1.29, 1.82) is 0 Å². The van der Waals surface area contributed by atoms with E-state index < -0.39 is 21.9 Å². The first kappa shape index (κ1) is 26.3. The maximum atomic E-state index is 12.6. The topological polar surface area (TPSA) is 132 Å². The van der Waals surface area contributed by atoms with Crippen LogP contribution < -0.4 is 10.0 Å². The zero-order valence-electron chi connectivity index (χ0n) is 20.0. The number of esters is 1. The van der Waals surface area contributed by atoms with Gasteiger partial charge in [0.2, 0.25) is 0 Å². The van der Waals surface area contributed by atoms with Gasteiger partial charge < -0.3 is 10.1 Å². The summed E-state index contributed by atoms with van der Waals surface area (Å²) in [7, 11) is -4.18. The summed E-state index contributed by atoms with van der Waals surface area (Å²) < 4.78 is 32.6. The Morgan fingerprint density at radius 2 is 1.57 bits per heavy atom. The van der Waals surface area contributed by atoms with Crippen molar-refractivity contribution in [3.05, 3.63) is 59.4 Å². The number of rotatable bonds is 9. The number of amides is 2. The molecule has 188 valence electrons. The van der Waals surface area contributed by atoms with E-state index in [0.29, 0.717) is 18.4 Å². The van der Waals surface area contributed by atoms with Crippen molar-refractivity contribution in [1.82, 2.24) is 15.0 Å². The summed E-state index contributed by atoms with van der Waals surface area (Å²) in [6.45, 7) is 3.81. The third kappa shape index (κ3) is 7.11. The van der Waals surface area contributed by atoms with Gasteiger partial charge in [-0.3, -0.25) is 9.59 Å². The van der Waals surface area contributed by atoms with Crippen LogP contribution in [0.5, 0.6) is 0 Å².